The molecule has 12 rings (SSSR count). The molecule has 9 aromatic rings. The third kappa shape index (κ3) is 30.5. The van der Waals surface area contributed by atoms with Gasteiger partial charge in [-0.25, -0.2) is 23.8 Å². The van der Waals surface area contributed by atoms with Gasteiger partial charge in [-0.15, -0.1) is 0 Å². The molecule has 3 saturated carbocycles. The first-order valence-corrected chi connectivity index (χ1v) is 36.7. The summed E-state index contributed by atoms with van der Waals surface area (Å²) in [6.07, 6.45) is 28.5. The number of nitrogens with one attached hydrogen (secondary N) is 2. The number of aliphatic hydroxyl groups is 3. The van der Waals surface area contributed by atoms with E-state index >= 15 is 0 Å². The zero-order valence-electron chi connectivity index (χ0n) is 63.3. The van der Waals surface area contributed by atoms with Gasteiger partial charge in [0.15, 0.2) is 0 Å². The second-order valence-electron chi connectivity index (χ2n) is 26.1. The Morgan fingerprint density at radius 1 is 0.404 bits per heavy atom. The molecule has 8 N–H and O–H groups in total. The molecule has 0 spiro atoms. The van der Waals surface area contributed by atoms with Crippen molar-refractivity contribution in [1.82, 2.24) is 54.9 Å². The number of carbonyl (C=O) groups is 3. The van der Waals surface area contributed by atoms with Crippen molar-refractivity contribution in [3.63, 3.8) is 0 Å². The summed E-state index contributed by atoms with van der Waals surface area (Å²) in [6.45, 7) is 9.35. The van der Waals surface area contributed by atoms with Gasteiger partial charge in [-0.2, -0.15) is 15.3 Å². The normalized spacial score (nSPS) is 15.4. The number of carboxylic acid groups (broad SMARTS) is 1. The van der Waals surface area contributed by atoms with E-state index in [0.717, 1.165) is 151 Å². The number of aromatic nitrogens is 9. The molecular weight excluding hydrogens is 1420 g/mol. The van der Waals surface area contributed by atoms with Crippen LogP contribution in [0.4, 0.5) is 0 Å². The zero-order chi connectivity index (χ0) is 79.5. The van der Waals surface area contributed by atoms with Gasteiger partial charge >= 0.3 is 5.97 Å². The van der Waals surface area contributed by atoms with Crippen molar-refractivity contribution < 1.29 is 34.8 Å². The molecule has 114 heavy (non-hydrogen) atoms. The number of carbonyl (C=O) groups excluding carboxylic acids is 2. The highest BCUT2D eigenvalue weighted by Gasteiger charge is 2.27. The van der Waals surface area contributed by atoms with E-state index in [1.54, 1.807) is 61.8 Å². The SMILES string of the molecule is C.C.CC#CC#CC#CC#CC#CC#CC#CC#CC#CC#CC#CC.Cc1cnc(C(=O)NC2CCCCC2O)cc1Cc1ccc(-n2cccn2)cc1.Cc1cnc(C(=O)NC2CCCCC2O)cc1Cc1ccc(-n2cccn2)cc1.Cc1cnc(C(=O)O)cc1Cc1ccc(-n2cccn2)cc1.NC1CCCCC1O. The number of nitrogens with two attached hydrogens (primary N) is 1. The van der Waals surface area contributed by atoms with Crippen molar-refractivity contribution in [2.24, 2.45) is 5.73 Å². The van der Waals surface area contributed by atoms with E-state index in [1.165, 1.54) is 6.42 Å². The van der Waals surface area contributed by atoms with Crippen molar-refractivity contribution in [3.8, 4) is 147 Å². The predicted molar refractivity (Wildman–Crippen MR) is 447 cm³/mol. The summed E-state index contributed by atoms with van der Waals surface area (Å²) in [4.78, 5) is 48.9. The van der Waals surface area contributed by atoms with E-state index in [0.29, 0.717) is 17.8 Å². The quantitative estimate of drug-likeness (QED) is 0.0499. The van der Waals surface area contributed by atoms with Crippen LogP contribution in [0.1, 0.15) is 187 Å². The fraction of sp³-hybridized carbons (Fsp3) is 0.295. The highest BCUT2D eigenvalue weighted by atomic mass is 16.4. The van der Waals surface area contributed by atoms with Crippen LogP contribution in [0.3, 0.4) is 0 Å². The van der Waals surface area contributed by atoms with Gasteiger partial charge in [-0.05, 0) is 310 Å². The number of hydrogen-bond acceptors (Lipinski definition) is 13. The summed E-state index contributed by atoms with van der Waals surface area (Å²) in [5.74, 6) is 54.2. The van der Waals surface area contributed by atoms with E-state index < -0.39 is 18.2 Å². The van der Waals surface area contributed by atoms with Gasteiger partial charge in [0.1, 0.15) is 17.1 Å². The Kier molecular flexibility index (Phi) is 38.5. The molecule has 3 aromatic carbocycles. The van der Waals surface area contributed by atoms with Gasteiger partial charge in [0, 0.05) is 85.5 Å². The second kappa shape index (κ2) is 49.3. The molecule has 6 atom stereocenters. The molecule has 3 aliphatic rings. The van der Waals surface area contributed by atoms with Crippen LogP contribution in [0, 0.1) is 151 Å². The molecule has 6 aromatic heterocycles. The summed E-state index contributed by atoms with van der Waals surface area (Å²) in [5.41, 5.74) is 19.0. The molecule has 3 fully saturated rings. The number of aromatic carboxylic acids is 1. The van der Waals surface area contributed by atoms with Gasteiger partial charge in [0.25, 0.3) is 11.8 Å². The number of benzene rings is 3. The first kappa shape index (κ1) is 89.0. The summed E-state index contributed by atoms with van der Waals surface area (Å²) >= 11 is 0. The monoisotopic (exact) mass is 1510 g/mol. The van der Waals surface area contributed by atoms with Crippen LogP contribution < -0.4 is 16.4 Å². The maximum atomic E-state index is 12.7. The van der Waals surface area contributed by atoms with Crippen molar-refractivity contribution in [3.05, 3.63) is 232 Å². The van der Waals surface area contributed by atoms with Crippen LogP contribution in [0.25, 0.3) is 17.1 Å². The van der Waals surface area contributed by atoms with Gasteiger partial charge < -0.3 is 36.8 Å². The van der Waals surface area contributed by atoms with Crippen LogP contribution in [-0.4, -0.2) is 119 Å². The molecule has 576 valence electrons. The summed E-state index contributed by atoms with van der Waals surface area (Å²) in [7, 11) is 0. The number of amides is 2. The number of carboxylic acids is 1. The van der Waals surface area contributed by atoms with E-state index in [1.807, 2.05) is 128 Å². The molecule has 6 unspecified atom stereocenters. The summed E-state index contributed by atoms with van der Waals surface area (Å²) in [6, 6.07) is 35.2. The lowest BCUT2D eigenvalue weighted by molar-refractivity contribution is 0.0688. The van der Waals surface area contributed by atoms with E-state index in [2.05, 4.69) is 195 Å². The van der Waals surface area contributed by atoms with Gasteiger partial charge in [0.2, 0.25) is 0 Å². The molecule has 19 nitrogen and oxygen atoms in total. The summed E-state index contributed by atoms with van der Waals surface area (Å²) in [5, 5.41) is 56.9. The molecule has 2 amide bonds. The molecule has 0 saturated heterocycles. The Morgan fingerprint density at radius 3 is 0.930 bits per heavy atom. The maximum Gasteiger partial charge on any atom is 0.354 e. The van der Waals surface area contributed by atoms with E-state index in [9.17, 15) is 24.6 Å². The number of hydrogen-bond donors (Lipinski definition) is 7. The molecular formula is C95H94N12O7. The van der Waals surface area contributed by atoms with Crippen molar-refractivity contribution in [2.75, 3.05) is 0 Å². The minimum atomic E-state index is -1.00. The Hall–Kier alpha value is -13.9. The Labute approximate surface area is 671 Å². The highest BCUT2D eigenvalue weighted by molar-refractivity contribution is 5.93. The first-order chi connectivity index (χ1) is 54.5. The standard InChI is InChI=1S/C24H6.2C23H26N4O2.C17H15N3O2.C6H13NO.2CH4/c1-3-5-7-9-11-13-15-17-19-21-23-24-22-20-18-16-14-12-10-8-6-4-2;2*1-16-15-24-21(23(29)26-20-5-2-3-6-22(20)28)14-18(16)13-17-7-9-19(10-8-17)27-12-4-11-25-27;1-12-11-18-16(17(21)22)10-14(12)9-13-3-5-15(6-4-13)20-8-2-7-19-20;7-5-3-1-2-4-6(5)8;;/h1-2H3;2*4,7-12,14-15,20,22,28H,2-3,5-6,13H2,1H3,(H,26,29);2-8,10-11H,9H2,1H3,(H,21,22);5-6,8H,1-4,7H2;2*1H4. The van der Waals surface area contributed by atoms with Gasteiger partial charge in [0.05, 0.1) is 47.5 Å². The van der Waals surface area contributed by atoms with Crippen molar-refractivity contribution >= 4 is 17.8 Å². The van der Waals surface area contributed by atoms with E-state index in [4.69, 9.17) is 15.9 Å². The van der Waals surface area contributed by atoms with Crippen molar-refractivity contribution in [1.29, 1.82) is 0 Å². The minimum Gasteiger partial charge on any atom is -0.477 e. The molecule has 0 bridgehead atoms. The minimum absolute atomic E-state index is 0. The lowest BCUT2D eigenvalue weighted by atomic mass is 9.92. The smallest absolute Gasteiger partial charge is 0.354 e. The molecule has 0 radical (unpaired) electrons. The second-order valence-corrected chi connectivity index (χ2v) is 26.1. The van der Waals surface area contributed by atoms with Crippen LogP contribution >= 0.6 is 0 Å². The lowest BCUT2D eigenvalue weighted by Gasteiger charge is -2.28. The Balaban J connectivity index is 0.000000229. The number of pyridine rings is 3. The third-order valence-electron chi connectivity index (χ3n) is 17.9. The fourth-order valence-electron chi connectivity index (χ4n) is 11.7. The molecule has 19 heteroatoms. The molecule has 6 heterocycles. The van der Waals surface area contributed by atoms with Gasteiger partial charge in [-0.3, -0.25) is 19.6 Å². The number of rotatable bonds is 14. The predicted octanol–water partition coefficient (Wildman–Crippen LogP) is 11.8. The number of aryl methyl sites for hydroxylation is 3. The average Bonchev–Trinajstić information content (AvgIpc) is 0.946. The largest absolute Gasteiger partial charge is 0.477 e. The molecule has 0 aliphatic heterocycles. The highest BCUT2D eigenvalue weighted by Crippen LogP contribution is 2.24. The van der Waals surface area contributed by atoms with Crippen LogP contribution in [0.2, 0.25) is 0 Å². The maximum absolute atomic E-state index is 12.7. The average molecular weight is 1520 g/mol. The van der Waals surface area contributed by atoms with E-state index in [-0.39, 0.29) is 56.6 Å². The van der Waals surface area contributed by atoms with Gasteiger partial charge in [-0.1, -0.05) is 102 Å². The molecule has 3 aliphatic carbocycles. The number of nitrogens with zero attached hydrogens (tertiary/aromatic N) is 9. The van der Waals surface area contributed by atoms with Crippen LogP contribution in [0.5, 0.6) is 0 Å². The van der Waals surface area contributed by atoms with Crippen LogP contribution in [-0.2, 0) is 19.3 Å². The fourth-order valence-corrected chi connectivity index (χ4v) is 11.7. The lowest BCUT2D eigenvalue weighted by Crippen LogP contribution is -2.45. The van der Waals surface area contributed by atoms with Crippen LogP contribution in [0.15, 0.2) is 165 Å². The zero-order valence-corrected chi connectivity index (χ0v) is 63.3. The topological polar surface area (TPSA) is 274 Å². The Bertz CT molecular complexity index is 5140. The Morgan fingerprint density at radius 2 is 0.675 bits per heavy atom. The van der Waals surface area contributed by atoms with Crippen molar-refractivity contribution in [2.45, 2.75) is 182 Å². The summed E-state index contributed by atoms with van der Waals surface area (Å²) < 4.78 is 5.44. The first-order valence-electron chi connectivity index (χ1n) is 36.7. The number of aliphatic hydroxyl groups excluding tert-OH is 3. The third-order valence-corrected chi connectivity index (χ3v) is 17.9.